The SMILES string of the molecule is CCN(Cc1ccco1)C(C)CC#N. The first-order valence-corrected chi connectivity index (χ1v) is 4.91. The fraction of sp³-hybridized carbons (Fsp3) is 0.545. The molecule has 1 rings (SSSR count). The minimum Gasteiger partial charge on any atom is -0.468 e. The van der Waals surface area contributed by atoms with Crippen molar-refractivity contribution >= 4 is 0 Å². The quantitative estimate of drug-likeness (QED) is 0.719. The zero-order chi connectivity index (χ0) is 10.4. The Hall–Kier alpha value is -1.27. The van der Waals surface area contributed by atoms with E-state index in [0.29, 0.717) is 6.42 Å². The Morgan fingerprint density at radius 2 is 2.43 bits per heavy atom. The van der Waals surface area contributed by atoms with Gasteiger partial charge in [-0.15, -0.1) is 0 Å². The van der Waals surface area contributed by atoms with Crippen molar-refractivity contribution in [2.75, 3.05) is 6.54 Å². The Morgan fingerprint density at radius 1 is 1.64 bits per heavy atom. The summed E-state index contributed by atoms with van der Waals surface area (Å²) in [4.78, 5) is 2.22. The molecule has 0 spiro atoms. The lowest BCUT2D eigenvalue weighted by atomic mass is 10.2. The molecule has 0 saturated heterocycles. The minimum absolute atomic E-state index is 0.287. The summed E-state index contributed by atoms with van der Waals surface area (Å²) in [6.07, 6.45) is 2.24. The van der Waals surface area contributed by atoms with Crippen molar-refractivity contribution in [1.29, 1.82) is 5.26 Å². The van der Waals surface area contributed by atoms with Gasteiger partial charge < -0.3 is 4.42 Å². The van der Waals surface area contributed by atoms with Crippen molar-refractivity contribution in [3.63, 3.8) is 0 Å². The van der Waals surface area contributed by atoms with E-state index in [1.165, 1.54) is 0 Å². The molecule has 3 heteroatoms. The average molecular weight is 192 g/mol. The summed E-state index contributed by atoms with van der Waals surface area (Å²) in [5, 5.41) is 8.61. The van der Waals surface area contributed by atoms with E-state index in [9.17, 15) is 0 Å². The highest BCUT2D eigenvalue weighted by atomic mass is 16.3. The van der Waals surface area contributed by atoms with Crippen LogP contribution in [0.25, 0.3) is 0 Å². The lowest BCUT2D eigenvalue weighted by Gasteiger charge is -2.24. The number of rotatable bonds is 5. The molecule has 0 saturated carbocycles. The number of nitriles is 1. The van der Waals surface area contributed by atoms with Crippen molar-refractivity contribution in [3.05, 3.63) is 24.2 Å². The number of nitrogens with zero attached hydrogens (tertiary/aromatic N) is 2. The molecule has 0 aliphatic heterocycles. The first-order chi connectivity index (χ1) is 6.77. The molecule has 0 radical (unpaired) electrons. The van der Waals surface area contributed by atoms with Gasteiger partial charge in [0, 0.05) is 6.04 Å². The van der Waals surface area contributed by atoms with Crippen LogP contribution < -0.4 is 0 Å². The van der Waals surface area contributed by atoms with Gasteiger partial charge in [0.25, 0.3) is 0 Å². The van der Waals surface area contributed by atoms with E-state index in [1.54, 1.807) is 6.26 Å². The average Bonchev–Trinajstić information content (AvgIpc) is 2.66. The summed E-state index contributed by atoms with van der Waals surface area (Å²) < 4.78 is 5.27. The molecule has 0 aliphatic carbocycles. The largest absolute Gasteiger partial charge is 0.468 e. The Kier molecular flexibility index (Phi) is 4.21. The molecular weight excluding hydrogens is 176 g/mol. The van der Waals surface area contributed by atoms with Crippen LogP contribution in [0.5, 0.6) is 0 Å². The fourth-order valence-corrected chi connectivity index (χ4v) is 1.44. The smallest absolute Gasteiger partial charge is 0.117 e. The highest BCUT2D eigenvalue weighted by Gasteiger charge is 2.12. The van der Waals surface area contributed by atoms with Gasteiger partial charge >= 0.3 is 0 Å². The van der Waals surface area contributed by atoms with Crippen LogP contribution in [0, 0.1) is 11.3 Å². The van der Waals surface area contributed by atoms with Crippen LogP contribution in [0.2, 0.25) is 0 Å². The van der Waals surface area contributed by atoms with Gasteiger partial charge in [-0.2, -0.15) is 5.26 Å². The molecule has 3 nitrogen and oxygen atoms in total. The van der Waals surface area contributed by atoms with Gasteiger partial charge in [0.1, 0.15) is 5.76 Å². The van der Waals surface area contributed by atoms with Gasteiger partial charge in [-0.3, -0.25) is 4.90 Å². The Balaban J connectivity index is 2.51. The third-order valence-electron chi connectivity index (χ3n) is 2.36. The van der Waals surface area contributed by atoms with Crippen LogP contribution in [0.4, 0.5) is 0 Å². The van der Waals surface area contributed by atoms with E-state index in [2.05, 4.69) is 24.8 Å². The van der Waals surface area contributed by atoms with Gasteiger partial charge in [0.15, 0.2) is 0 Å². The van der Waals surface area contributed by atoms with Crippen molar-refractivity contribution in [3.8, 4) is 6.07 Å². The molecule has 1 heterocycles. The summed E-state index contributed by atoms with van der Waals surface area (Å²) in [5.74, 6) is 0.955. The number of hydrogen-bond donors (Lipinski definition) is 0. The lowest BCUT2D eigenvalue weighted by molar-refractivity contribution is 0.197. The van der Waals surface area contributed by atoms with E-state index in [4.69, 9.17) is 9.68 Å². The summed E-state index contributed by atoms with van der Waals surface area (Å²) in [7, 11) is 0. The standard InChI is InChI=1S/C11H16N2O/c1-3-13(10(2)6-7-12)9-11-5-4-8-14-11/h4-5,8,10H,3,6,9H2,1-2H3. The third kappa shape index (κ3) is 2.90. The molecule has 0 amide bonds. The van der Waals surface area contributed by atoms with Crippen LogP contribution in [0.3, 0.4) is 0 Å². The molecule has 0 aliphatic rings. The molecule has 0 N–H and O–H groups in total. The normalized spacial score (nSPS) is 12.7. The lowest BCUT2D eigenvalue weighted by Crippen LogP contribution is -2.31. The Labute approximate surface area is 84.9 Å². The van der Waals surface area contributed by atoms with Crippen molar-refractivity contribution in [2.45, 2.75) is 32.9 Å². The van der Waals surface area contributed by atoms with Gasteiger partial charge in [0.2, 0.25) is 0 Å². The second-order valence-electron chi connectivity index (χ2n) is 3.35. The summed E-state index contributed by atoms with van der Waals surface area (Å²) in [6.45, 7) is 5.88. The fourth-order valence-electron chi connectivity index (χ4n) is 1.44. The maximum Gasteiger partial charge on any atom is 0.117 e. The topological polar surface area (TPSA) is 40.2 Å². The van der Waals surface area contributed by atoms with Gasteiger partial charge in [-0.1, -0.05) is 6.92 Å². The highest BCUT2D eigenvalue weighted by molar-refractivity contribution is 4.98. The molecule has 1 unspecified atom stereocenters. The minimum atomic E-state index is 0.287. The van der Waals surface area contributed by atoms with Crippen LogP contribution in [-0.2, 0) is 6.54 Å². The molecule has 1 aromatic heterocycles. The van der Waals surface area contributed by atoms with Crippen LogP contribution in [0.15, 0.2) is 22.8 Å². The summed E-state index contributed by atoms with van der Waals surface area (Å²) >= 11 is 0. The monoisotopic (exact) mass is 192 g/mol. The number of hydrogen-bond acceptors (Lipinski definition) is 3. The van der Waals surface area contributed by atoms with E-state index in [1.807, 2.05) is 12.1 Å². The van der Waals surface area contributed by atoms with Crippen molar-refractivity contribution < 1.29 is 4.42 Å². The first kappa shape index (κ1) is 10.8. The molecular formula is C11H16N2O. The van der Waals surface area contributed by atoms with E-state index >= 15 is 0 Å². The zero-order valence-corrected chi connectivity index (χ0v) is 8.73. The predicted octanol–water partition coefficient (Wildman–Crippen LogP) is 2.40. The second-order valence-corrected chi connectivity index (χ2v) is 3.35. The third-order valence-corrected chi connectivity index (χ3v) is 2.36. The molecule has 14 heavy (non-hydrogen) atoms. The molecule has 0 aromatic carbocycles. The van der Waals surface area contributed by atoms with Crippen molar-refractivity contribution in [2.24, 2.45) is 0 Å². The van der Waals surface area contributed by atoms with Crippen LogP contribution in [-0.4, -0.2) is 17.5 Å². The second kappa shape index (κ2) is 5.46. The molecule has 1 aromatic rings. The molecule has 1 atom stereocenters. The zero-order valence-electron chi connectivity index (χ0n) is 8.73. The molecule has 76 valence electrons. The van der Waals surface area contributed by atoms with Crippen LogP contribution in [0.1, 0.15) is 26.0 Å². The van der Waals surface area contributed by atoms with Gasteiger partial charge in [-0.05, 0) is 25.6 Å². The van der Waals surface area contributed by atoms with E-state index in [-0.39, 0.29) is 6.04 Å². The number of furan rings is 1. The molecule has 0 fully saturated rings. The summed E-state index contributed by atoms with van der Waals surface area (Å²) in [6, 6.07) is 6.32. The van der Waals surface area contributed by atoms with E-state index < -0.39 is 0 Å². The van der Waals surface area contributed by atoms with E-state index in [0.717, 1.165) is 18.8 Å². The Bertz CT molecular complexity index is 287. The van der Waals surface area contributed by atoms with Gasteiger partial charge in [-0.25, -0.2) is 0 Å². The summed E-state index contributed by atoms with van der Waals surface area (Å²) in [5.41, 5.74) is 0. The predicted molar refractivity (Wildman–Crippen MR) is 54.5 cm³/mol. The first-order valence-electron chi connectivity index (χ1n) is 4.91. The maximum absolute atomic E-state index is 8.61. The Morgan fingerprint density at radius 3 is 2.93 bits per heavy atom. The van der Waals surface area contributed by atoms with Crippen LogP contribution >= 0.6 is 0 Å². The molecule has 0 bridgehead atoms. The maximum atomic E-state index is 8.61. The highest BCUT2D eigenvalue weighted by Crippen LogP contribution is 2.10. The van der Waals surface area contributed by atoms with Gasteiger partial charge in [0.05, 0.1) is 25.3 Å². The van der Waals surface area contributed by atoms with Crippen molar-refractivity contribution in [1.82, 2.24) is 4.90 Å².